The van der Waals surface area contributed by atoms with Crippen LogP contribution in [0.3, 0.4) is 0 Å². The molecule has 0 radical (unpaired) electrons. The van der Waals surface area contributed by atoms with E-state index in [0.717, 1.165) is 25.2 Å². The number of nitrogens with zero attached hydrogens (tertiary/aromatic N) is 1. The lowest BCUT2D eigenvalue weighted by Gasteiger charge is -2.19. The van der Waals surface area contributed by atoms with Gasteiger partial charge in [-0.2, -0.15) is 0 Å². The minimum Gasteiger partial charge on any atom is -0.399 e. The molecular formula is C16H21BrN2S. The van der Waals surface area contributed by atoms with E-state index in [4.69, 9.17) is 5.73 Å². The molecule has 0 saturated heterocycles. The molecule has 0 bridgehead atoms. The van der Waals surface area contributed by atoms with Crippen LogP contribution < -0.4 is 5.73 Å². The first-order chi connectivity index (χ1) is 9.54. The van der Waals surface area contributed by atoms with Gasteiger partial charge in [-0.25, -0.2) is 0 Å². The lowest BCUT2D eigenvalue weighted by molar-refractivity contribution is 0.316. The third kappa shape index (κ3) is 4.62. The number of hydrogen-bond acceptors (Lipinski definition) is 3. The molecule has 2 aromatic rings. The molecule has 1 heterocycles. The monoisotopic (exact) mass is 352 g/mol. The topological polar surface area (TPSA) is 29.3 Å². The minimum atomic E-state index is 0.563. The van der Waals surface area contributed by atoms with Crippen molar-refractivity contribution in [3.8, 4) is 0 Å². The van der Waals surface area contributed by atoms with Gasteiger partial charge in [0.05, 0.1) is 0 Å². The van der Waals surface area contributed by atoms with E-state index in [-0.39, 0.29) is 0 Å². The van der Waals surface area contributed by atoms with Crippen molar-refractivity contribution >= 4 is 33.0 Å². The lowest BCUT2D eigenvalue weighted by atomic mass is 9.97. The van der Waals surface area contributed by atoms with Gasteiger partial charge in [-0.05, 0) is 65.6 Å². The number of halogens is 1. The van der Waals surface area contributed by atoms with Gasteiger partial charge in [0.1, 0.15) is 0 Å². The van der Waals surface area contributed by atoms with E-state index < -0.39 is 0 Å². The van der Waals surface area contributed by atoms with Crippen LogP contribution in [0.4, 0.5) is 5.69 Å². The van der Waals surface area contributed by atoms with Crippen molar-refractivity contribution in [3.63, 3.8) is 0 Å². The van der Waals surface area contributed by atoms with Crippen LogP contribution >= 0.6 is 27.3 Å². The molecule has 0 aliphatic heterocycles. The fourth-order valence-electron chi connectivity index (χ4n) is 2.19. The number of benzene rings is 1. The third-order valence-corrected chi connectivity index (χ3v) is 5.18. The highest BCUT2D eigenvalue weighted by atomic mass is 79.9. The molecule has 2 N–H and O–H groups in total. The van der Waals surface area contributed by atoms with Crippen molar-refractivity contribution < 1.29 is 0 Å². The van der Waals surface area contributed by atoms with E-state index in [9.17, 15) is 0 Å². The van der Waals surface area contributed by atoms with Crippen LogP contribution in [-0.2, 0) is 6.54 Å². The van der Waals surface area contributed by atoms with Crippen molar-refractivity contribution in [3.05, 3.63) is 50.6 Å². The van der Waals surface area contributed by atoms with Gasteiger partial charge in [-0.3, -0.25) is 0 Å². The Kier molecular flexibility index (Phi) is 5.64. The second-order valence-corrected chi connectivity index (χ2v) is 7.24. The molecule has 1 unspecified atom stereocenters. The number of nitrogens with two attached hydrogens (primary N) is 1. The number of anilines is 1. The molecule has 1 aromatic carbocycles. The highest BCUT2D eigenvalue weighted by molar-refractivity contribution is 9.10. The van der Waals surface area contributed by atoms with E-state index in [1.54, 1.807) is 0 Å². The SMILES string of the molecule is CC(CCN(C)Cc1cc(Br)cs1)c1ccc(N)cc1. The van der Waals surface area contributed by atoms with E-state index in [1.807, 2.05) is 23.5 Å². The van der Waals surface area contributed by atoms with Gasteiger partial charge < -0.3 is 10.6 Å². The van der Waals surface area contributed by atoms with E-state index in [1.165, 1.54) is 14.9 Å². The molecule has 20 heavy (non-hydrogen) atoms. The molecule has 0 spiro atoms. The summed E-state index contributed by atoms with van der Waals surface area (Å²) in [5, 5.41) is 2.14. The first-order valence-corrected chi connectivity index (χ1v) is 8.49. The molecule has 2 nitrogen and oxygen atoms in total. The van der Waals surface area contributed by atoms with Crippen LogP contribution in [0, 0.1) is 0 Å². The summed E-state index contributed by atoms with van der Waals surface area (Å²) in [6.45, 7) is 4.40. The first kappa shape index (κ1) is 15.5. The highest BCUT2D eigenvalue weighted by Gasteiger charge is 2.08. The average Bonchev–Trinajstić information content (AvgIpc) is 2.82. The lowest BCUT2D eigenvalue weighted by Crippen LogP contribution is -2.19. The summed E-state index contributed by atoms with van der Waals surface area (Å²) < 4.78 is 1.18. The predicted molar refractivity (Wildman–Crippen MR) is 92.2 cm³/mol. The number of thiophene rings is 1. The molecule has 4 heteroatoms. The molecule has 1 aromatic heterocycles. The summed E-state index contributed by atoms with van der Waals surface area (Å²) in [4.78, 5) is 3.78. The van der Waals surface area contributed by atoms with Gasteiger partial charge in [0.25, 0.3) is 0 Å². The third-order valence-electron chi connectivity index (χ3n) is 3.50. The van der Waals surface area contributed by atoms with Crippen molar-refractivity contribution in [1.82, 2.24) is 4.90 Å². The molecule has 0 aliphatic rings. The Hall–Kier alpha value is -0.840. The zero-order valence-corrected chi connectivity index (χ0v) is 14.4. The Labute approximate surface area is 133 Å². The molecular weight excluding hydrogens is 332 g/mol. The number of rotatable bonds is 6. The summed E-state index contributed by atoms with van der Waals surface area (Å²) in [6, 6.07) is 10.4. The largest absolute Gasteiger partial charge is 0.399 e. The molecule has 0 aliphatic carbocycles. The molecule has 1 atom stereocenters. The van der Waals surface area contributed by atoms with E-state index >= 15 is 0 Å². The van der Waals surface area contributed by atoms with Gasteiger partial charge in [-0.15, -0.1) is 11.3 Å². The molecule has 108 valence electrons. The molecule has 0 fully saturated rings. The van der Waals surface area contributed by atoms with Crippen molar-refractivity contribution in [2.45, 2.75) is 25.8 Å². The Morgan fingerprint density at radius 3 is 2.60 bits per heavy atom. The summed E-state index contributed by atoms with van der Waals surface area (Å²) in [7, 11) is 2.18. The summed E-state index contributed by atoms with van der Waals surface area (Å²) in [5.74, 6) is 0.563. The van der Waals surface area contributed by atoms with E-state index in [2.05, 4.69) is 58.4 Å². The van der Waals surface area contributed by atoms with Crippen LogP contribution in [0.2, 0.25) is 0 Å². The van der Waals surface area contributed by atoms with E-state index in [0.29, 0.717) is 5.92 Å². The maximum absolute atomic E-state index is 5.73. The zero-order valence-electron chi connectivity index (χ0n) is 12.0. The molecule has 2 rings (SSSR count). The second kappa shape index (κ2) is 7.25. The summed E-state index contributed by atoms with van der Waals surface area (Å²) in [5.41, 5.74) is 7.93. The van der Waals surface area contributed by atoms with Crippen LogP contribution in [0.15, 0.2) is 40.2 Å². The number of hydrogen-bond donors (Lipinski definition) is 1. The molecule has 0 saturated carbocycles. The van der Waals surface area contributed by atoms with Crippen LogP contribution in [0.25, 0.3) is 0 Å². The molecule has 0 amide bonds. The fraction of sp³-hybridized carbons (Fsp3) is 0.375. The van der Waals surface area contributed by atoms with Crippen LogP contribution in [0.1, 0.15) is 29.7 Å². The summed E-state index contributed by atoms with van der Waals surface area (Å²) in [6.07, 6.45) is 1.16. The first-order valence-electron chi connectivity index (χ1n) is 6.81. The van der Waals surface area contributed by atoms with Crippen molar-refractivity contribution in [2.75, 3.05) is 19.3 Å². The smallest absolute Gasteiger partial charge is 0.0325 e. The van der Waals surface area contributed by atoms with Crippen molar-refractivity contribution in [1.29, 1.82) is 0 Å². The maximum atomic E-state index is 5.73. The van der Waals surface area contributed by atoms with Gasteiger partial charge in [0.2, 0.25) is 0 Å². The fourth-order valence-corrected chi connectivity index (χ4v) is 3.72. The predicted octanol–water partition coefficient (Wildman–Crippen LogP) is 4.72. The maximum Gasteiger partial charge on any atom is 0.0325 e. The van der Waals surface area contributed by atoms with Crippen LogP contribution in [-0.4, -0.2) is 18.5 Å². The Morgan fingerprint density at radius 2 is 2.00 bits per heavy atom. The Bertz CT molecular complexity index is 536. The summed E-state index contributed by atoms with van der Waals surface area (Å²) >= 11 is 5.31. The van der Waals surface area contributed by atoms with Gasteiger partial charge in [0.15, 0.2) is 0 Å². The van der Waals surface area contributed by atoms with Gasteiger partial charge >= 0.3 is 0 Å². The minimum absolute atomic E-state index is 0.563. The average molecular weight is 353 g/mol. The standard InChI is InChI=1S/C16H21BrN2S/c1-12(13-3-5-15(18)6-4-13)7-8-19(2)10-16-9-14(17)11-20-16/h3-6,9,11-12H,7-8,10,18H2,1-2H3. The Morgan fingerprint density at radius 1 is 1.30 bits per heavy atom. The van der Waals surface area contributed by atoms with Crippen LogP contribution in [0.5, 0.6) is 0 Å². The zero-order chi connectivity index (χ0) is 14.5. The normalized spacial score (nSPS) is 12.8. The second-order valence-electron chi connectivity index (χ2n) is 5.33. The Balaban J connectivity index is 1.80. The highest BCUT2D eigenvalue weighted by Crippen LogP contribution is 2.23. The van der Waals surface area contributed by atoms with Crippen molar-refractivity contribution in [2.24, 2.45) is 0 Å². The van der Waals surface area contributed by atoms with Gasteiger partial charge in [0, 0.05) is 27.0 Å². The van der Waals surface area contributed by atoms with Gasteiger partial charge in [-0.1, -0.05) is 19.1 Å². The quantitative estimate of drug-likeness (QED) is 0.762. The number of nitrogen functional groups attached to an aromatic ring is 1.